The maximum Gasteiger partial charge on any atom is 0.137 e. The number of thiazole rings is 1. The zero-order valence-corrected chi connectivity index (χ0v) is 12.3. The number of rotatable bonds is 6. The first kappa shape index (κ1) is 14.9. The van der Waals surface area contributed by atoms with Crippen LogP contribution in [0.1, 0.15) is 17.5 Å². The molecule has 1 aromatic heterocycles. The summed E-state index contributed by atoms with van der Waals surface area (Å²) in [6, 6.07) is 4.09. The fourth-order valence-electron chi connectivity index (χ4n) is 1.80. The molecule has 0 aliphatic heterocycles. The topological polar surface area (TPSA) is 54.4 Å². The number of aromatic hydroxyl groups is 1. The van der Waals surface area contributed by atoms with Crippen LogP contribution in [0.15, 0.2) is 18.2 Å². The second-order valence-electron chi connectivity index (χ2n) is 4.27. The van der Waals surface area contributed by atoms with E-state index in [2.05, 4.69) is 10.3 Å². The van der Waals surface area contributed by atoms with Crippen molar-refractivity contribution in [2.75, 3.05) is 13.7 Å². The highest BCUT2D eigenvalue weighted by atomic mass is 32.1. The third-order valence-electron chi connectivity index (χ3n) is 2.78. The summed E-state index contributed by atoms with van der Waals surface area (Å²) in [6.45, 7) is 3.97. The quantitative estimate of drug-likeness (QED) is 0.860. The molecule has 0 unspecified atom stereocenters. The van der Waals surface area contributed by atoms with Crippen molar-refractivity contribution in [3.05, 3.63) is 34.6 Å². The number of phenolic OH excluding ortho intramolecular Hbond substituents is 1. The molecule has 2 rings (SSSR count). The van der Waals surface area contributed by atoms with Gasteiger partial charge in [0.15, 0.2) is 0 Å². The number of nitrogens with zero attached hydrogens (tertiary/aromatic N) is 1. The largest absolute Gasteiger partial charge is 0.508 e. The number of phenols is 1. The molecule has 0 spiro atoms. The molecular formula is C14H17FN2O2S. The van der Waals surface area contributed by atoms with Gasteiger partial charge >= 0.3 is 0 Å². The van der Waals surface area contributed by atoms with Crippen LogP contribution in [0, 0.1) is 5.82 Å². The van der Waals surface area contributed by atoms with E-state index in [1.165, 1.54) is 23.5 Å². The Morgan fingerprint density at radius 2 is 2.25 bits per heavy atom. The molecule has 0 atom stereocenters. The summed E-state index contributed by atoms with van der Waals surface area (Å²) in [6.07, 6.45) is 0. The van der Waals surface area contributed by atoms with Crippen molar-refractivity contribution in [3.8, 4) is 16.3 Å². The smallest absolute Gasteiger partial charge is 0.137 e. The van der Waals surface area contributed by atoms with Gasteiger partial charge in [-0.25, -0.2) is 9.37 Å². The van der Waals surface area contributed by atoms with Crippen LogP contribution in [0.3, 0.4) is 0 Å². The van der Waals surface area contributed by atoms with E-state index >= 15 is 0 Å². The summed E-state index contributed by atoms with van der Waals surface area (Å²) in [5.74, 6) is -0.564. The van der Waals surface area contributed by atoms with Crippen molar-refractivity contribution in [2.24, 2.45) is 0 Å². The Labute approximate surface area is 121 Å². The minimum absolute atomic E-state index is 0.0900. The monoisotopic (exact) mass is 296 g/mol. The maximum absolute atomic E-state index is 13.9. The van der Waals surface area contributed by atoms with Crippen LogP contribution in [0.25, 0.3) is 10.6 Å². The molecule has 20 heavy (non-hydrogen) atoms. The van der Waals surface area contributed by atoms with E-state index in [0.717, 1.165) is 23.2 Å². The van der Waals surface area contributed by atoms with E-state index in [0.29, 0.717) is 23.7 Å². The Morgan fingerprint density at radius 3 is 2.90 bits per heavy atom. The molecule has 0 saturated carbocycles. The lowest BCUT2D eigenvalue weighted by atomic mass is 10.2. The highest BCUT2D eigenvalue weighted by Crippen LogP contribution is 2.31. The second kappa shape index (κ2) is 6.78. The van der Waals surface area contributed by atoms with Gasteiger partial charge in [0, 0.05) is 30.2 Å². The number of methoxy groups -OCH3 is 1. The average molecular weight is 296 g/mol. The van der Waals surface area contributed by atoms with E-state index in [-0.39, 0.29) is 5.75 Å². The lowest BCUT2D eigenvalue weighted by Crippen LogP contribution is -2.12. The van der Waals surface area contributed by atoms with Crippen molar-refractivity contribution >= 4 is 11.3 Å². The molecule has 0 fully saturated rings. The fourth-order valence-corrected chi connectivity index (χ4v) is 2.86. The van der Waals surface area contributed by atoms with E-state index in [9.17, 15) is 9.50 Å². The normalized spacial score (nSPS) is 10.9. The molecule has 0 aliphatic carbocycles. The molecule has 0 bridgehead atoms. The molecule has 2 aromatic rings. The summed E-state index contributed by atoms with van der Waals surface area (Å²) in [4.78, 5) is 5.48. The first-order valence-corrected chi connectivity index (χ1v) is 7.14. The molecule has 1 heterocycles. The third-order valence-corrected chi connectivity index (χ3v) is 3.91. The van der Waals surface area contributed by atoms with Gasteiger partial charge in [0.2, 0.25) is 0 Å². The first-order valence-electron chi connectivity index (χ1n) is 6.32. The molecule has 0 amide bonds. The number of nitrogens with one attached hydrogen (secondary N) is 1. The zero-order chi connectivity index (χ0) is 14.5. The molecule has 108 valence electrons. The Morgan fingerprint density at radius 1 is 1.45 bits per heavy atom. The molecule has 0 radical (unpaired) electrons. The van der Waals surface area contributed by atoms with Gasteiger partial charge in [-0.3, -0.25) is 0 Å². The van der Waals surface area contributed by atoms with Gasteiger partial charge in [-0.1, -0.05) is 6.92 Å². The number of halogens is 1. The van der Waals surface area contributed by atoms with E-state index in [4.69, 9.17) is 4.74 Å². The van der Waals surface area contributed by atoms with Crippen molar-refractivity contribution in [3.63, 3.8) is 0 Å². The third kappa shape index (κ3) is 3.33. The number of hydrogen-bond acceptors (Lipinski definition) is 5. The molecule has 6 heteroatoms. The lowest BCUT2D eigenvalue weighted by Gasteiger charge is -2.00. The van der Waals surface area contributed by atoms with Crippen molar-refractivity contribution in [1.29, 1.82) is 0 Å². The first-order chi connectivity index (χ1) is 9.65. The van der Waals surface area contributed by atoms with Crippen LogP contribution in [-0.2, 0) is 17.9 Å². The van der Waals surface area contributed by atoms with Gasteiger partial charge < -0.3 is 15.2 Å². The van der Waals surface area contributed by atoms with Crippen LogP contribution in [0.5, 0.6) is 5.75 Å². The maximum atomic E-state index is 13.9. The van der Waals surface area contributed by atoms with Crippen LogP contribution in [0.4, 0.5) is 4.39 Å². The number of ether oxygens (including phenoxy) is 1. The molecule has 0 saturated heterocycles. The summed E-state index contributed by atoms with van der Waals surface area (Å²) in [5.41, 5.74) is 1.22. The highest BCUT2D eigenvalue weighted by molar-refractivity contribution is 7.15. The predicted octanol–water partition coefficient (Wildman–Crippen LogP) is 2.91. The SMILES string of the molecule is CCNCc1sc(-c2ccc(O)cc2F)nc1COC. The average Bonchev–Trinajstić information content (AvgIpc) is 2.80. The molecule has 2 N–H and O–H groups in total. The van der Waals surface area contributed by atoms with Crippen molar-refractivity contribution in [2.45, 2.75) is 20.1 Å². The summed E-state index contributed by atoms with van der Waals surface area (Å²) >= 11 is 1.44. The van der Waals surface area contributed by atoms with Gasteiger partial charge in [-0.2, -0.15) is 0 Å². The number of hydrogen-bond donors (Lipinski definition) is 2. The van der Waals surface area contributed by atoms with Crippen molar-refractivity contribution < 1.29 is 14.2 Å². The van der Waals surface area contributed by atoms with Crippen LogP contribution < -0.4 is 5.32 Å². The lowest BCUT2D eigenvalue weighted by molar-refractivity contribution is 0.181. The Kier molecular flexibility index (Phi) is 5.05. The standard InChI is InChI=1S/C14H17FN2O2S/c1-3-16-7-13-12(8-19-2)17-14(20-13)10-5-4-9(18)6-11(10)15/h4-6,16,18H,3,7-8H2,1-2H3. The van der Waals surface area contributed by atoms with Gasteiger partial charge in [0.25, 0.3) is 0 Å². The van der Waals surface area contributed by atoms with Gasteiger partial charge in [0.1, 0.15) is 16.6 Å². The van der Waals surface area contributed by atoms with Gasteiger partial charge in [-0.15, -0.1) is 11.3 Å². The minimum atomic E-state index is -0.474. The van der Waals surface area contributed by atoms with E-state index in [1.807, 2.05) is 6.92 Å². The van der Waals surface area contributed by atoms with E-state index < -0.39 is 5.82 Å². The zero-order valence-electron chi connectivity index (χ0n) is 11.4. The molecular weight excluding hydrogens is 279 g/mol. The van der Waals surface area contributed by atoms with Crippen LogP contribution in [-0.4, -0.2) is 23.7 Å². The highest BCUT2D eigenvalue weighted by Gasteiger charge is 2.15. The summed E-state index contributed by atoms with van der Waals surface area (Å²) in [7, 11) is 1.61. The number of aromatic nitrogens is 1. The van der Waals surface area contributed by atoms with E-state index in [1.54, 1.807) is 7.11 Å². The van der Waals surface area contributed by atoms with Gasteiger partial charge in [-0.05, 0) is 18.7 Å². The summed E-state index contributed by atoms with van der Waals surface area (Å²) < 4.78 is 19.0. The summed E-state index contributed by atoms with van der Waals surface area (Å²) in [5, 5.41) is 13.1. The number of benzene rings is 1. The Bertz CT molecular complexity index is 587. The van der Waals surface area contributed by atoms with Crippen LogP contribution >= 0.6 is 11.3 Å². The molecule has 0 aliphatic rings. The fraction of sp³-hybridized carbons (Fsp3) is 0.357. The van der Waals surface area contributed by atoms with Crippen LogP contribution in [0.2, 0.25) is 0 Å². The minimum Gasteiger partial charge on any atom is -0.508 e. The van der Waals surface area contributed by atoms with Crippen molar-refractivity contribution in [1.82, 2.24) is 10.3 Å². The Balaban J connectivity index is 2.36. The Hall–Kier alpha value is -1.50. The predicted molar refractivity (Wildman–Crippen MR) is 77.3 cm³/mol. The second-order valence-corrected chi connectivity index (χ2v) is 5.35. The van der Waals surface area contributed by atoms with Gasteiger partial charge in [0.05, 0.1) is 12.3 Å². The molecule has 1 aromatic carbocycles. The molecule has 4 nitrogen and oxygen atoms in total.